The molecule has 1 aliphatic heterocycles. The van der Waals surface area contributed by atoms with Crippen molar-refractivity contribution < 1.29 is 9.59 Å². The zero-order valence-corrected chi connectivity index (χ0v) is 13.6. The van der Waals surface area contributed by atoms with Gasteiger partial charge in [0.2, 0.25) is 17.8 Å². The van der Waals surface area contributed by atoms with Gasteiger partial charge in [0.1, 0.15) is 0 Å². The molecule has 1 aliphatic rings. The molecule has 0 bridgehead atoms. The minimum Gasteiger partial charge on any atom is -0.324 e. The summed E-state index contributed by atoms with van der Waals surface area (Å²) in [4.78, 5) is 37.4. The molecular formula is C16H15N5O2S. The Balaban J connectivity index is 1.42. The van der Waals surface area contributed by atoms with Gasteiger partial charge in [0, 0.05) is 18.3 Å². The van der Waals surface area contributed by atoms with Crippen molar-refractivity contribution >= 4 is 45.3 Å². The molecule has 0 atom stereocenters. The number of carbonyl (C=O) groups is 2. The molecule has 2 aromatic heterocycles. The van der Waals surface area contributed by atoms with Gasteiger partial charge in [-0.2, -0.15) is 0 Å². The minimum atomic E-state index is -0.196. The lowest BCUT2D eigenvalue weighted by Crippen LogP contribution is -2.23. The molecule has 0 unspecified atom stereocenters. The van der Waals surface area contributed by atoms with E-state index >= 15 is 0 Å². The predicted octanol–water partition coefficient (Wildman–Crippen LogP) is 2.33. The van der Waals surface area contributed by atoms with Crippen molar-refractivity contribution in [3.8, 4) is 0 Å². The van der Waals surface area contributed by atoms with E-state index in [1.165, 1.54) is 11.3 Å². The molecule has 0 saturated carbocycles. The third-order valence-electron chi connectivity index (χ3n) is 3.83. The lowest BCUT2D eigenvalue weighted by atomic mass is 10.3. The molecule has 0 spiro atoms. The number of hydrogen-bond donors (Lipinski definition) is 2. The minimum absolute atomic E-state index is 0.0997. The summed E-state index contributed by atoms with van der Waals surface area (Å²) in [6, 6.07) is 7.58. The van der Waals surface area contributed by atoms with E-state index in [2.05, 4.69) is 20.3 Å². The van der Waals surface area contributed by atoms with Gasteiger partial charge < -0.3 is 4.98 Å². The van der Waals surface area contributed by atoms with E-state index in [0.29, 0.717) is 29.7 Å². The number of anilines is 2. The smallest absolute Gasteiger partial charge is 0.232 e. The van der Waals surface area contributed by atoms with Gasteiger partial charge >= 0.3 is 0 Å². The lowest BCUT2D eigenvalue weighted by molar-refractivity contribution is -0.117. The second kappa shape index (κ2) is 6.04. The van der Waals surface area contributed by atoms with Crippen molar-refractivity contribution in [1.29, 1.82) is 0 Å². The summed E-state index contributed by atoms with van der Waals surface area (Å²) in [5, 5.41) is 5.23. The van der Waals surface area contributed by atoms with Gasteiger partial charge in [-0.3, -0.25) is 19.8 Å². The average molecular weight is 341 g/mol. The number of hydrogen-bond acceptors (Lipinski definition) is 5. The van der Waals surface area contributed by atoms with Crippen LogP contribution in [-0.2, 0) is 16.0 Å². The van der Waals surface area contributed by atoms with Crippen molar-refractivity contribution in [2.24, 2.45) is 0 Å². The first-order chi connectivity index (χ1) is 11.7. The van der Waals surface area contributed by atoms with Crippen LogP contribution < -0.4 is 10.2 Å². The number of rotatable bonds is 4. The Bertz CT molecular complexity index is 883. The third-order valence-corrected chi connectivity index (χ3v) is 4.75. The highest BCUT2D eigenvalue weighted by Gasteiger charge is 2.24. The Labute approximate surface area is 141 Å². The molecule has 1 saturated heterocycles. The zero-order chi connectivity index (χ0) is 16.5. The first-order valence-electron chi connectivity index (χ1n) is 7.68. The summed E-state index contributed by atoms with van der Waals surface area (Å²) in [7, 11) is 0. The highest BCUT2D eigenvalue weighted by molar-refractivity contribution is 7.14. The van der Waals surface area contributed by atoms with Gasteiger partial charge in [0.15, 0.2) is 5.13 Å². The van der Waals surface area contributed by atoms with Gasteiger partial charge in [0.25, 0.3) is 0 Å². The number of carbonyl (C=O) groups excluding carboxylic acids is 2. The van der Waals surface area contributed by atoms with E-state index < -0.39 is 0 Å². The second-order valence-corrected chi connectivity index (χ2v) is 6.43. The molecule has 2 amide bonds. The third kappa shape index (κ3) is 2.88. The molecule has 7 nitrogen and oxygen atoms in total. The average Bonchev–Trinajstić information content (AvgIpc) is 3.26. The van der Waals surface area contributed by atoms with Crippen molar-refractivity contribution in [2.75, 3.05) is 16.8 Å². The first kappa shape index (κ1) is 14.8. The topological polar surface area (TPSA) is 91.0 Å². The molecule has 3 heterocycles. The van der Waals surface area contributed by atoms with Gasteiger partial charge in [-0.1, -0.05) is 12.1 Å². The van der Waals surface area contributed by atoms with E-state index in [4.69, 9.17) is 0 Å². The number of para-hydroxylation sites is 2. The molecule has 122 valence electrons. The normalized spacial score (nSPS) is 14.5. The van der Waals surface area contributed by atoms with Crippen molar-refractivity contribution in [3.63, 3.8) is 0 Å². The quantitative estimate of drug-likeness (QED) is 0.762. The molecule has 2 N–H and O–H groups in total. The molecule has 4 rings (SSSR count). The monoisotopic (exact) mass is 341 g/mol. The van der Waals surface area contributed by atoms with Crippen LogP contribution in [0.25, 0.3) is 11.0 Å². The number of thiazole rings is 1. The first-order valence-corrected chi connectivity index (χ1v) is 8.56. The van der Waals surface area contributed by atoms with Crippen molar-refractivity contribution in [2.45, 2.75) is 19.3 Å². The van der Waals surface area contributed by atoms with Gasteiger partial charge in [0.05, 0.1) is 23.1 Å². The van der Waals surface area contributed by atoms with Crippen molar-refractivity contribution in [3.05, 3.63) is 35.3 Å². The molecular weight excluding hydrogens is 326 g/mol. The van der Waals surface area contributed by atoms with Crippen LogP contribution in [0.4, 0.5) is 11.1 Å². The molecule has 24 heavy (non-hydrogen) atoms. The summed E-state index contributed by atoms with van der Waals surface area (Å²) in [6.07, 6.45) is 1.58. The number of nitrogens with zero attached hydrogens (tertiary/aromatic N) is 3. The van der Waals surface area contributed by atoms with Crippen LogP contribution in [-0.4, -0.2) is 33.3 Å². The summed E-state index contributed by atoms with van der Waals surface area (Å²) < 4.78 is 0. The fourth-order valence-corrected chi connectivity index (χ4v) is 3.57. The van der Waals surface area contributed by atoms with Crippen LogP contribution >= 0.6 is 11.3 Å². The molecule has 0 radical (unpaired) electrons. The van der Waals surface area contributed by atoms with Crippen LogP contribution in [0.1, 0.15) is 18.5 Å². The van der Waals surface area contributed by atoms with Gasteiger partial charge in [-0.15, -0.1) is 11.3 Å². The summed E-state index contributed by atoms with van der Waals surface area (Å²) in [6.45, 7) is 0.705. The van der Waals surface area contributed by atoms with Crippen LogP contribution in [0.15, 0.2) is 29.6 Å². The predicted molar refractivity (Wildman–Crippen MR) is 92.1 cm³/mol. The maximum atomic E-state index is 12.2. The molecule has 1 fully saturated rings. The zero-order valence-electron chi connectivity index (χ0n) is 12.8. The Morgan fingerprint density at radius 2 is 2.21 bits per heavy atom. The van der Waals surface area contributed by atoms with Crippen LogP contribution in [0.3, 0.4) is 0 Å². The van der Waals surface area contributed by atoms with E-state index in [9.17, 15) is 9.59 Å². The lowest BCUT2D eigenvalue weighted by Gasteiger charge is -2.10. The summed E-state index contributed by atoms with van der Waals surface area (Å²) in [5.74, 6) is 0.327. The molecule has 1 aromatic carbocycles. The van der Waals surface area contributed by atoms with E-state index in [1.807, 2.05) is 29.6 Å². The second-order valence-electron chi connectivity index (χ2n) is 5.60. The number of amides is 2. The number of fused-ring (bicyclic) bond motifs is 1. The maximum Gasteiger partial charge on any atom is 0.232 e. The van der Waals surface area contributed by atoms with Crippen LogP contribution in [0.5, 0.6) is 0 Å². The summed E-state index contributed by atoms with van der Waals surface area (Å²) >= 11 is 1.39. The van der Waals surface area contributed by atoms with E-state index in [0.717, 1.165) is 17.5 Å². The number of nitrogens with one attached hydrogen (secondary N) is 2. The fourth-order valence-electron chi connectivity index (χ4n) is 2.70. The Morgan fingerprint density at radius 1 is 1.33 bits per heavy atom. The van der Waals surface area contributed by atoms with Crippen LogP contribution in [0, 0.1) is 0 Å². The highest BCUT2D eigenvalue weighted by atomic mass is 32.1. The Kier molecular flexibility index (Phi) is 3.73. The number of benzene rings is 1. The molecule has 3 aromatic rings. The van der Waals surface area contributed by atoms with Crippen LogP contribution in [0.2, 0.25) is 0 Å². The number of imidazole rings is 1. The van der Waals surface area contributed by atoms with E-state index in [-0.39, 0.29) is 18.2 Å². The largest absolute Gasteiger partial charge is 0.324 e. The standard InChI is InChI=1S/C16H15N5O2S/c22-13(20-15-18-11-4-1-2-5-12(11)19-15)8-10-9-24-16(17-10)21-7-3-6-14(21)23/h1-2,4-5,9H,3,6-8H2,(H2,18,19,20,22). The molecule has 8 heteroatoms. The van der Waals surface area contributed by atoms with E-state index in [1.54, 1.807) is 4.90 Å². The Morgan fingerprint density at radius 3 is 3.00 bits per heavy atom. The number of H-pyrrole nitrogens is 1. The molecule has 0 aliphatic carbocycles. The fraction of sp³-hybridized carbons (Fsp3) is 0.250. The SMILES string of the molecule is O=C(Cc1csc(N2CCCC2=O)n1)Nc1nc2ccccc2[nH]1. The summed E-state index contributed by atoms with van der Waals surface area (Å²) in [5.41, 5.74) is 2.33. The Hall–Kier alpha value is -2.74. The number of aromatic amines is 1. The highest BCUT2D eigenvalue weighted by Crippen LogP contribution is 2.25. The maximum absolute atomic E-state index is 12.2. The van der Waals surface area contributed by atoms with Gasteiger partial charge in [-0.25, -0.2) is 9.97 Å². The van der Waals surface area contributed by atoms with Crippen molar-refractivity contribution in [1.82, 2.24) is 15.0 Å². The number of aromatic nitrogens is 3. The van der Waals surface area contributed by atoms with Gasteiger partial charge in [-0.05, 0) is 18.6 Å².